The molecule has 12 aromatic heterocycles. The van der Waals surface area contributed by atoms with Crippen molar-refractivity contribution in [1.29, 1.82) is 0 Å². The Kier molecular flexibility index (Phi) is 26.0. The van der Waals surface area contributed by atoms with Crippen molar-refractivity contribution in [2.75, 3.05) is 40.3 Å². The van der Waals surface area contributed by atoms with Crippen molar-refractivity contribution in [3.8, 4) is 96.3 Å². The number of hydrogen-bond acceptors (Lipinski definition) is 18. The number of anilines is 5. The minimum Gasteiger partial charge on any atom is -0.488 e. The summed E-state index contributed by atoms with van der Waals surface area (Å²) in [4.78, 5) is 68.8. The number of aromatic nitrogens is 16. The minimum absolute atomic E-state index is 0.134. The zero-order chi connectivity index (χ0) is 97.4. The van der Waals surface area contributed by atoms with Crippen molar-refractivity contribution in [1.82, 2.24) is 79.7 Å². The summed E-state index contributed by atoms with van der Waals surface area (Å²) in [7, 11) is 3.62. The Hall–Kier alpha value is -13.6. The van der Waals surface area contributed by atoms with E-state index in [1.165, 1.54) is 176 Å². The van der Waals surface area contributed by atoms with Crippen LogP contribution in [0, 0.1) is 123 Å². The SMILES string of the molecule is CC(C)Oc1ccc(-c2cc(NC3C4CCC(CC4)C3C)nc(-c3c[nH]c4ncc(F)cc34)n2)cc1F.CC1C2CCC(CC2)C1Nc1cc(-c2ccc(F)c(F)c2)nc(-c2c[nH]c3ncc(F)cc23)n1.CC1C2CCC(CC2)C1Nc1cc(-c2ccc(F)cc2Cl)nc(-c2c[nH]c3ncc(F)cc23)n1.CC1C2CCC(CC2)C1Nc1cc(-c2ccc(N(C)C)c(F)c2)nc(-c2c[nH]c3ncc(F)cc23)n1. The second-order valence-electron chi connectivity index (χ2n) is 40.3. The van der Waals surface area contributed by atoms with Gasteiger partial charge in [0.05, 0.1) is 64.4 Å². The Balaban J connectivity index is 0.000000111. The summed E-state index contributed by atoms with van der Waals surface area (Å²) in [5.41, 5.74) is 9.78. The first-order valence-corrected chi connectivity index (χ1v) is 49.5. The molecule has 12 aliphatic carbocycles. The first-order chi connectivity index (χ1) is 68.1. The smallest absolute Gasteiger partial charge is 0.165 e. The molecule has 0 amide bonds. The van der Waals surface area contributed by atoms with Gasteiger partial charge in [-0.1, -0.05) is 45.4 Å². The number of halogens is 10. The summed E-state index contributed by atoms with van der Waals surface area (Å²) in [5.74, 6) is 7.27. The predicted molar refractivity (Wildman–Crippen MR) is 533 cm³/mol. The molecule has 726 valence electrons. The van der Waals surface area contributed by atoms with E-state index in [9.17, 15) is 39.5 Å². The molecule has 0 saturated heterocycles. The van der Waals surface area contributed by atoms with Crippen LogP contribution in [0.15, 0.2) is 171 Å². The highest BCUT2D eigenvalue weighted by molar-refractivity contribution is 6.33. The predicted octanol–water partition coefficient (Wildman–Crippen LogP) is 26.5. The van der Waals surface area contributed by atoms with Gasteiger partial charge in [-0.05, 0) is 279 Å². The summed E-state index contributed by atoms with van der Waals surface area (Å²) in [6, 6.07) is 32.4. The molecule has 8 atom stereocenters. The Morgan fingerprint density at radius 3 is 0.929 bits per heavy atom. The lowest BCUT2D eigenvalue weighted by molar-refractivity contribution is 0.0928. The highest BCUT2D eigenvalue weighted by Gasteiger charge is 2.46. The fraction of sp³-hybridized carbons (Fsp3) is 0.376. The normalized spacial score (nSPS) is 23.6. The van der Waals surface area contributed by atoms with Gasteiger partial charge in [-0.2, -0.15) is 0 Å². The van der Waals surface area contributed by atoms with Gasteiger partial charge in [-0.25, -0.2) is 99.3 Å². The molecule has 8 N–H and O–H groups in total. The monoisotopic (exact) mass is 1930 g/mol. The molecule has 0 spiro atoms. The molecule has 8 bridgehead atoms. The van der Waals surface area contributed by atoms with Crippen LogP contribution < -0.4 is 30.9 Å². The van der Waals surface area contributed by atoms with Crippen LogP contribution in [0.3, 0.4) is 0 Å². The van der Waals surface area contributed by atoms with E-state index in [2.05, 4.69) is 93.8 Å². The second-order valence-corrected chi connectivity index (χ2v) is 40.7. The van der Waals surface area contributed by atoms with Crippen LogP contribution >= 0.6 is 11.6 Å². The van der Waals surface area contributed by atoms with E-state index >= 15 is 0 Å². The molecule has 22 nitrogen and oxygen atoms in total. The lowest BCUT2D eigenvalue weighted by atomic mass is 9.62. The fourth-order valence-corrected chi connectivity index (χ4v) is 24.1. The van der Waals surface area contributed by atoms with Crippen molar-refractivity contribution < 1.29 is 44.3 Å². The van der Waals surface area contributed by atoms with Crippen molar-refractivity contribution in [2.45, 2.75) is 175 Å². The van der Waals surface area contributed by atoms with Gasteiger partial charge in [0.25, 0.3) is 0 Å². The van der Waals surface area contributed by atoms with E-state index in [1.54, 1.807) is 60.0 Å². The van der Waals surface area contributed by atoms with Crippen LogP contribution in [0.5, 0.6) is 5.75 Å². The molecular formula is C109H109ClF9N21O. The van der Waals surface area contributed by atoms with Crippen LogP contribution in [0.2, 0.25) is 5.02 Å². The van der Waals surface area contributed by atoms with E-state index < -0.39 is 46.5 Å². The van der Waals surface area contributed by atoms with E-state index in [-0.39, 0.29) is 28.7 Å². The van der Waals surface area contributed by atoms with Gasteiger partial charge >= 0.3 is 0 Å². The van der Waals surface area contributed by atoms with E-state index in [1.807, 2.05) is 52.2 Å². The molecule has 28 rings (SSSR count). The van der Waals surface area contributed by atoms with Gasteiger partial charge in [-0.15, -0.1) is 0 Å². The Labute approximate surface area is 814 Å². The molecule has 8 unspecified atom stereocenters. The number of H-pyrrole nitrogens is 4. The number of rotatable bonds is 19. The lowest BCUT2D eigenvalue weighted by Crippen LogP contribution is -2.47. The van der Waals surface area contributed by atoms with Crippen LogP contribution in [-0.4, -0.2) is 124 Å². The number of nitrogens with zero attached hydrogens (tertiary/aromatic N) is 13. The largest absolute Gasteiger partial charge is 0.488 e. The van der Waals surface area contributed by atoms with Crippen LogP contribution in [0.4, 0.5) is 68.5 Å². The Morgan fingerprint density at radius 1 is 0.319 bits per heavy atom. The zero-order valence-electron chi connectivity index (χ0n) is 79.3. The third kappa shape index (κ3) is 19.3. The van der Waals surface area contributed by atoms with E-state index in [0.29, 0.717) is 235 Å². The summed E-state index contributed by atoms with van der Waals surface area (Å²) >= 11 is 6.39. The number of hydrogen-bond donors (Lipinski definition) is 8. The Bertz CT molecular complexity index is 7330. The number of ether oxygens (including phenoxy) is 1. The quantitative estimate of drug-likeness (QED) is 0.0349. The number of aromatic amines is 4. The summed E-state index contributed by atoms with van der Waals surface area (Å²) < 4.78 is 133. The van der Waals surface area contributed by atoms with Crippen LogP contribution in [0.25, 0.3) is 135 Å². The van der Waals surface area contributed by atoms with Crippen LogP contribution in [-0.2, 0) is 0 Å². The van der Waals surface area contributed by atoms with Crippen LogP contribution in [0.1, 0.15) is 144 Å². The zero-order valence-corrected chi connectivity index (χ0v) is 80.1. The second kappa shape index (κ2) is 39.1. The summed E-state index contributed by atoms with van der Waals surface area (Å²) in [6.07, 6.45) is 31.6. The standard InChI is InChI=1S/C29H31F2N5O.C28H30F2N6.C26H24ClF2N5.C26H24F3N5/c1-15(2)37-25-9-8-19(10-23(25)31)24-12-26(35-27-16(3)17-4-6-18(27)7-5-17)36-29(34-24)22-14-33-28-21(22)11-20(30)13-32-28;1-15-16-4-6-17(7-5-16)26(15)34-25-12-23(18-8-9-24(36(2)3)22(30)10-18)33-28(35-25)21-14-32-27-20(21)11-19(29)13-31-27;1-13-14-2-4-15(5-3-14)24(13)33-23-10-22(18-7-6-16(28)9-21(18)27)32-26(34-23)20-12-31-25-19(20)8-17(29)11-30-25;1-13-14-2-4-15(5-3-14)24(13)33-23-10-22(16-6-7-20(28)21(29)8-16)32-26(34-23)19-12-31-25-18(19)9-17(27)11-30-25/h8-18,27H,4-7H2,1-3H3,(H,32,33)(H,34,35,36);8-17,26H,4-7H2,1-3H3,(H,31,32)(H,33,34,35);2*6-15,24H,2-5H2,1H3,(H,30,31)(H,32,33,34). The molecule has 12 saturated carbocycles. The third-order valence-electron chi connectivity index (χ3n) is 31.4. The molecule has 12 heterocycles. The number of pyridine rings is 4. The van der Waals surface area contributed by atoms with Gasteiger partial charge in [0.1, 0.15) is 80.8 Å². The highest BCUT2D eigenvalue weighted by Crippen LogP contribution is 2.52. The maximum absolute atomic E-state index is 14.9. The van der Waals surface area contributed by atoms with Gasteiger partial charge in [-0.3, -0.25) is 0 Å². The van der Waals surface area contributed by atoms with E-state index in [0.717, 1.165) is 36.1 Å². The van der Waals surface area contributed by atoms with Crippen molar-refractivity contribution in [3.63, 3.8) is 0 Å². The highest BCUT2D eigenvalue weighted by atomic mass is 35.5. The number of fused-ring (bicyclic) bond motifs is 16. The first-order valence-electron chi connectivity index (χ1n) is 49.1. The molecule has 12 fully saturated rings. The molecule has 16 aromatic rings. The lowest BCUT2D eigenvalue weighted by Gasteiger charge is -2.47. The summed E-state index contributed by atoms with van der Waals surface area (Å²) in [5, 5.41) is 17.4. The molecule has 4 aromatic carbocycles. The Morgan fingerprint density at radius 2 is 0.624 bits per heavy atom. The molecule has 0 radical (unpaired) electrons. The average Bonchev–Trinajstić information content (AvgIpc) is 1.73. The van der Waals surface area contributed by atoms with Gasteiger partial charge in [0.15, 0.2) is 46.5 Å². The number of benzene rings is 4. The minimum atomic E-state index is -0.941. The maximum Gasteiger partial charge on any atom is 0.165 e. The maximum atomic E-state index is 14.9. The van der Waals surface area contributed by atoms with Gasteiger partial charge < -0.3 is 50.8 Å². The average molecular weight is 1940 g/mol. The topological polar surface area (TPSA) is 278 Å². The third-order valence-corrected chi connectivity index (χ3v) is 31.7. The molecule has 32 heteroatoms. The first kappa shape index (κ1) is 93.7. The van der Waals surface area contributed by atoms with Crippen molar-refractivity contribution in [2.24, 2.45) is 71.0 Å². The van der Waals surface area contributed by atoms with Gasteiger partial charge in [0, 0.05) is 153 Å². The molecule has 141 heavy (non-hydrogen) atoms. The summed E-state index contributed by atoms with van der Waals surface area (Å²) in [6.45, 7) is 13.0. The molecule has 12 aliphatic rings. The van der Waals surface area contributed by atoms with Gasteiger partial charge in [0.2, 0.25) is 0 Å². The molecule has 0 aliphatic heterocycles. The van der Waals surface area contributed by atoms with E-state index in [4.69, 9.17) is 51.2 Å². The fourth-order valence-electron chi connectivity index (χ4n) is 23.9. The molecular weight excluding hydrogens is 1830 g/mol. The number of nitrogens with one attached hydrogen (secondary N) is 8. The van der Waals surface area contributed by atoms with Crippen molar-refractivity contribution >= 4 is 84.7 Å². The van der Waals surface area contributed by atoms with Crippen molar-refractivity contribution in [3.05, 3.63) is 228 Å².